The molecule has 0 spiro atoms. The Hall–Kier alpha value is -3.20. The van der Waals surface area contributed by atoms with E-state index in [-0.39, 0.29) is 30.7 Å². The highest BCUT2D eigenvalue weighted by Gasteiger charge is 2.43. The van der Waals surface area contributed by atoms with Crippen molar-refractivity contribution >= 4 is 23.4 Å². The summed E-state index contributed by atoms with van der Waals surface area (Å²) in [6, 6.07) is 1.34. The Labute approximate surface area is 174 Å². The van der Waals surface area contributed by atoms with Crippen molar-refractivity contribution < 1.29 is 50.5 Å². The maximum Gasteiger partial charge on any atom is 0.490 e. The van der Waals surface area contributed by atoms with Crippen molar-refractivity contribution in [2.45, 2.75) is 50.2 Å². The summed E-state index contributed by atoms with van der Waals surface area (Å²) in [5.74, 6) is -8.53. The van der Waals surface area contributed by atoms with Gasteiger partial charge in [0.1, 0.15) is 5.82 Å². The minimum absolute atomic E-state index is 0.0346. The quantitative estimate of drug-likeness (QED) is 0.453. The van der Waals surface area contributed by atoms with E-state index in [2.05, 4.69) is 20.6 Å². The van der Waals surface area contributed by atoms with Crippen LogP contribution in [0.4, 0.5) is 36.6 Å². The van der Waals surface area contributed by atoms with Gasteiger partial charge in [0.2, 0.25) is 5.82 Å². The number of carboxylic acid groups (broad SMARTS) is 2. The fraction of sp³-hybridized carbons (Fsp3) is 0.562. The number of aromatic nitrogens is 4. The average Bonchev–Trinajstić information content (AvgIpc) is 3.03. The minimum Gasteiger partial charge on any atom is -0.481 e. The van der Waals surface area contributed by atoms with E-state index >= 15 is 0 Å². The average molecular weight is 475 g/mol. The second-order valence-electron chi connectivity index (χ2n) is 6.76. The summed E-state index contributed by atoms with van der Waals surface area (Å²) in [5, 5.41) is 29.4. The van der Waals surface area contributed by atoms with Crippen LogP contribution in [0.2, 0.25) is 0 Å². The van der Waals surface area contributed by atoms with E-state index in [0.717, 1.165) is 4.52 Å². The third-order valence-corrected chi connectivity index (χ3v) is 4.54. The van der Waals surface area contributed by atoms with Gasteiger partial charge in [-0.25, -0.2) is 22.4 Å². The van der Waals surface area contributed by atoms with E-state index in [1.54, 1.807) is 0 Å². The maximum atomic E-state index is 14.3. The molecule has 0 bridgehead atoms. The van der Waals surface area contributed by atoms with Crippen LogP contribution in [0.25, 0.3) is 5.65 Å². The summed E-state index contributed by atoms with van der Waals surface area (Å²) in [4.78, 5) is 19.9. The maximum absolute atomic E-state index is 14.3. The number of hydrogen-bond donors (Lipinski definition) is 3. The van der Waals surface area contributed by atoms with Crippen LogP contribution >= 0.6 is 0 Å². The lowest BCUT2D eigenvalue weighted by Gasteiger charge is -2.26. The number of carbonyl (C=O) groups is 2. The molecule has 0 unspecified atom stereocenters. The second kappa shape index (κ2) is 9.52. The summed E-state index contributed by atoms with van der Waals surface area (Å²) in [6.07, 6.45) is -8.66. The van der Waals surface area contributed by atoms with Crippen molar-refractivity contribution in [2.75, 3.05) is 5.32 Å². The number of alkyl halides is 7. The van der Waals surface area contributed by atoms with E-state index in [1.165, 1.54) is 12.1 Å². The molecule has 0 aliphatic heterocycles. The van der Waals surface area contributed by atoms with Gasteiger partial charge < -0.3 is 15.5 Å². The molecular weight excluding hydrogens is 459 g/mol. The highest BCUT2D eigenvalue weighted by molar-refractivity contribution is 5.73. The zero-order valence-corrected chi connectivity index (χ0v) is 15.9. The summed E-state index contributed by atoms with van der Waals surface area (Å²) in [5.41, 5.74) is 0.0689. The molecule has 178 valence electrons. The molecule has 16 heteroatoms. The fourth-order valence-electron chi connectivity index (χ4n) is 2.89. The van der Waals surface area contributed by atoms with Crippen LogP contribution in [0, 0.1) is 5.92 Å². The molecule has 1 fully saturated rings. The van der Waals surface area contributed by atoms with Gasteiger partial charge in [0.25, 0.3) is 12.3 Å². The molecule has 3 N–H and O–H groups in total. The summed E-state index contributed by atoms with van der Waals surface area (Å²) in [6.45, 7) is 0. The molecule has 3 rings (SSSR count). The van der Waals surface area contributed by atoms with E-state index in [9.17, 15) is 35.5 Å². The lowest BCUT2D eigenvalue weighted by atomic mass is 10.0. The van der Waals surface area contributed by atoms with Crippen molar-refractivity contribution in [3.8, 4) is 0 Å². The standard InChI is InChI=1S/C14H15F4N5O2.C2HF3O2/c15-11(16)12-21-20-10-4-3-9(22-23(10)12)19-8-2-1-7(13(24)25)5-6-14(8,17)18;3-2(4,5)1(6)7/h3-4,7-8,11H,1-2,5-6H2,(H,19,22)(H,24,25);(H,6,7)/t7-,8-;/m1./s1. The number of anilines is 1. The normalized spacial score (nSPS) is 20.9. The van der Waals surface area contributed by atoms with Gasteiger partial charge in [0.15, 0.2) is 5.65 Å². The molecule has 2 aromatic heterocycles. The Morgan fingerprint density at radius 2 is 1.75 bits per heavy atom. The molecule has 1 saturated carbocycles. The number of aliphatic carboxylic acids is 2. The second-order valence-corrected chi connectivity index (χ2v) is 6.76. The summed E-state index contributed by atoms with van der Waals surface area (Å²) < 4.78 is 86.8. The molecule has 2 atom stereocenters. The first-order chi connectivity index (χ1) is 14.7. The molecule has 0 amide bonds. The van der Waals surface area contributed by atoms with Crippen molar-refractivity contribution in [3.05, 3.63) is 18.0 Å². The predicted molar refractivity (Wildman–Crippen MR) is 91.4 cm³/mol. The third kappa shape index (κ3) is 6.16. The topological polar surface area (TPSA) is 130 Å². The van der Waals surface area contributed by atoms with Crippen LogP contribution in [0.3, 0.4) is 0 Å². The predicted octanol–water partition coefficient (Wildman–Crippen LogP) is 3.39. The third-order valence-electron chi connectivity index (χ3n) is 4.54. The lowest BCUT2D eigenvalue weighted by molar-refractivity contribution is -0.192. The molecule has 1 aliphatic rings. The van der Waals surface area contributed by atoms with Gasteiger partial charge >= 0.3 is 18.1 Å². The van der Waals surface area contributed by atoms with Crippen molar-refractivity contribution in [2.24, 2.45) is 5.92 Å². The number of nitrogens with one attached hydrogen (secondary N) is 1. The van der Waals surface area contributed by atoms with Gasteiger partial charge in [-0.15, -0.1) is 15.3 Å². The molecule has 9 nitrogen and oxygen atoms in total. The number of hydrogen-bond acceptors (Lipinski definition) is 6. The van der Waals surface area contributed by atoms with Crippen molar-refractivity contribution in [1.82, 2.24) is 19.8 Å². The number of carboxylic acids is 2. The van der Waals surface area contributed by atoms with Gasteiger partial charge in [-0.05, 0) is 31.4 Å². The molecule has 0 aromatic carbocycles. The van der Waals surface area contributed by atoms with Gasteiger partial charge in [0.05, 0.1) is 12.0 Å². The number of halogens is 7. The smallest absolute Gasteiger partial charge is 0.481 e. The first-order valence-corrected chi connectivity index (χ1v) is 8.90. The molecule has 32 heavy (non-hydrogen) atoms. The summed E-state index contributed by atoms with van der Waals surface area (Å²) in [7, 11) is 0. The molecular formula is C16H16F7N5O4. The summed E-state index contributed by atoms with van der Waals surface area (Å²) >= 11 is 0. The fourth-order valence-corrected chi connectivity index (χ4v) is 2.89. The molecule has 0 saturated heterocycles. The molecule has 1 aliphatic carbocycles. The molecule has 0 radical (unpaired) electrons. The molecule has 2 aromatic rings. The number of nitrogens with zero attached hydrogens (tertiary/aromatic N) is 4. The Morgan fingerprint density at radius 1 is 1.12 bits per heavy atom. The van der Waals surface area contributed by atoms with Crippen LogP contribution in [-0.4, -0.2) is 60.1 Å². The van der Waals surface area contributed by atoms with Gasteiger partial charge in [-0.1, -0.05) is 0 Å². The van der Waals surface area contributed by atoms with Crippen LogP contribution in [0.5, 0.6) is 0 Å². The zero-order chi connectivity index (χ0) is 24.3. The SMILES string of the molecule is O=C(O)C(F)(F)F.O=C(O)[C@@H]1CC[C@@H](Nc2ccc3nnc(C(F)F)n3n2)C(F)(F)CC1. The van der Waals surface area contributed by atoms with Crippen LogP contribution < -0.4 is 5.32 Å². The zero-order valence-electron chi connectivity index (χ0n) is 15.9. The first kappa shape index (κ1) is 25.1. The monoisotopic (exact) mass is 475 g/mol. The lowest BCUT2D eigenvalue weighted by Crippen LogP contribution is -2.39. The Kier molecular flexibility index (Phi) is 7.46. The highest BCUT2D eigenvalue weighted by atomic mass is 19.4. The number of fused-ring (bicyclic) bond motifs is 1. The van der Waals surface area contributed by atoms with E-state index in [0.29, 0.717) is 0 Å². The minimum atomic E-state index is -5.08. The first-order valence-electron chi connectivity index (χ1n) is 8.90. The van der Waals surface area contributed by atoms with Crippen LogP contribution in [-0.2, 0) is 9.59 Å². The number of rotatable bonds is 4. The van der Waals surface area contributed by atoms with E-state index in [1.807, 2.05) is 0 Å². The van der Waals surface area contributed by atoms with Crippen LogP contribution in [0.1, 0.15) is 37.9 Å². The Balaban J connectivity index is 0.000000451. The van der Waals surface area contributed by atoms with Crippen molar-refractivity contribution in [3.63, 3.8) is 0 Å². The highest BCUT2D eigenvalue weighted by Crippen LogP contribution is 2.36. The Morgan fingerprint density at radius 3 is 2.28 bits per heavy atom. The van der Waals surface area contributed by atoms with Gasteiger partial charge in [-0.2, -0.15) is 17.7 Å². The van der Waals surface area contributed by atoms with Gasteiger partial charge in [0, 0.05) is 6.42 Å². The van der Waals surface area contributed by atoms with E-state index < -0.39 is 54.7 Å². The van der Waals surface area contributed by atoms with E-state index in [4.69, 9.17) is 15.0 Å². The van der Waals surface area contributed by atoms with Crippen molar-refractivity contribution in [1.29, 1.82) is 0 Å². The Bertz CT molecular complexity index is 966. The molecule has 2 heterocycles. The largest absolute Gasteiger partial charge is 0.490 e. The van der Waals surface area contributed by atoms with Gasteiger partial charge in [-0.3, -0.25) is 4.79 Å². The van der Waals surface area contributed by atoms with Crippen LogP contribution in [0.15, 0.2) is 12.1 Å².